The van der Waals surface area contributed by atoms with Crippen molar-refractivity contribution in [2.45, 2.75) is 57.2 Å². The molecule has 0 aromatic rings. The van der Waals surface area contributed by atoms with Crippen LogP contribution in [-0.4, -0.2) is 12.7 Å². The third-order valence-electron chi connectivity index (χ3n) is 2.99. The average Bonchev–Trinajstić information content (AvgIpc) is 2.05. The van der Waals surface area contributed by atoms with E-state index >= 15 is 0 Å². The van der Waals surface area contributed by atoms with Gasteiger partial charge < -0.3 is 0 Å². The van der Waals surface area contributed by atoms with Gasteiger partial charge in [0.1, 0.15) is 0 Å². The summed E-state index contributed by atoms with van der Waals surface area (Å²) in [6.07, 6.45) is 4.18. The second-order valence-corrected chi connectivity index (χ2v) is 12.3. The highest BCUT2D eigenvalue weighted by Gasteiger charge is 2.43. The van der Waals surface area contributed by atoms with Gasteiger partial charge in [-0.05, 0) is 17.1 Å². The molecule has 14 heavy (non-hydrogen) atoms. The normalized spacial score (nSPS) is 21.0. The van der Waals surface area contributed by atoms with Crippen molar-refractivity contribution in [1.29, 1.82) is 0 Å². The Morgan fingerprint density at radius 1 is 1.00 bits per heavy atom. The van der Waals surface area contributed by atoms with E-state index in [9.17, 15) is 0 Å². The first-order chi connectivity index (χ1) is 6.37. The van der Waals surface area contributed by atoms with Gasteiger partial charge in [-0.1, -0.05) is 40.0 Å². The highest BCUT2D eigenvalue weighted by molar-refractivity contribution is 7.21. The standard InChI is InChI=1S/C9H19ClSi.CH2Cl2/c1-9(2,3)11(10)7-5-4-6-8-11;2-1-3/h4-8H2,1-3H3;1H2. The Labute approximate surface area is 104 Å². The summed E-state index contributed by atoms with van der Waals surface area (Å²) < 4.78 is 0. The summed E-state index contributed by atoms with van der Waals surface area (Å²) in [6, 6.07) is 2.69. The molecular formula is C10H21Cl3Si. The fourth-order valence-corrected chi connectivity index (χ4v) is 6.03. The van der Waals surface area contributed by atoms with Crippen molar-refractivity contribution in [2.75, 3.05) is 5.34 Å². The van der Waals surface area contributed by atoms with Crippen molar-refractivity contribution in [3.8, 4) is 0 Å². The minimum absolute atomic E-state index is 0.194. The molecule has 0 saturated carbocycles. The molecule has 1 heterocycles. The maximum absolute atomic E-state index is 6.69. The molecule has 0 N–H and O–H groups in total. The topological polar surface area (TPSA) is 0 Å². The summed E-state index contributed by atoms with van der Waals surface area (Å²) >= 11 is 16.2. The lowest BCUT2D eigenvalue weighted by molar-refractivity contribution is 0.646. The van der Waals surface area contributed by atoms with Gasteiger partial charge in [0, 0.05) is 0 Å². The Hall–Kier alpha value is 1.09. The monoisotopic (exact) mass is 274 g/mol. The highest BCUT2D eigenvalue weighted by Crippen LogP contribution is 2.48. The van der Waals surface area contributed by atoms with Crippen LogP contribution in [0.5, 0.6) is 0 Å². The summed E-state index contributed by atoms with van der Waals surface area (Å²) in [5, 5.41) is 0.606. The van der Waals surface area contributed by atoms with Crippen molar-refractivity contribution < 1.29 is 0 Å². The van der Waals surface area contributed by atoms with Crippen molar-refractivity contribution in [3.05, 3.63) is 0 Å². The van der Waals surface area contributed by atoms with Gasteiger partial charge in [0.25, 0.3) is 0 Å². The molecule has 0 aromatic carbocycles. The maximum Gasteiger partial charge on any atom is 0.161 e. The van der Waals surface area contributed by atoms with Gasteiger partial charge >= 0.3 is 0 Å². The molecule has 86 valence electrons. The second-order valence-electron chi connectivity index (χ2n) is 4.88. The smallest absolute Gasteiger partial charge is 0.161 e. The van der Waals surface area contributed by atoms with Crippen molar-refractivity contribution in [3.63, 3.8) is 0 Å². The molecule has 0 aromatic heterocycles. The summed E-state index contributed by atoms with van der Waals surface area (Å²) in [6.45, 7) is 6.95. The van der Waals surface area contributed by atoms with Gasteiger partial charge in [-0.15, -0.1) is 23.2 Å². The third kappa shape index (κ3) is 4.74. The zero-order valence-corrected chi connectivity index (χ0v) is 12.6. The molecule has 0 bridgehead atoms. The van der Waals surface area contributed by atoms with Crippen molar-refractivity contribution >= 4 is 41.7 Å². The molecule has 0 unspecified atom stereocenters. The Morgan fingerprint density at radius 2 is 1.36 bits per heavy atom. The van der Waals surface area contributed by atoms with Gasteiger partial charge in [0.05, 0.1) is 5.34 Å². The van der Waals surface area contributed by atoms with E-state index in [1.807, 2.05) is 0 Å². The van der Waals surface area contributed by atoms with E-state index in [4.69, 9.17) is 34.3 Å². The fraction of sp³-hybridized carbons (Fsp3) is 1.00. The van der Waals surface area contributed by atoms with E-state index in [1.54, 1.807) is 0 Å². The van der Waals surface area contributed by atoms with Gasteiger partial charge in [0.15, 0.2) is 7.38 Å². The first-order valence-electron chi connectivity index (χ1n) is 5.18. The van der Waals surface area contributed by atoms with Crippen LogP contribution < -0.4 is 0 Å². The van der Waals surface area contributed by atoms with Crippen LogP contribution in [0.25, 0.3) is 0 Å². The lowest BCUT2D eigenvalue weighted by Gasteiger charge is -2.40. The SMILES string of the molecule is CC(C)(C)[Si]1(Cl)CCCCC1.ClCCl. The first kappa shape index (κ1) is 15.1. The molecule has 0 spiro atoms. The summed E-state index contributed by atoms with van der Waals surface area (Å²) in [4.78, 5) is 0. The van der Waals surface area contributed by atoms with E-state index < -0.39 is 7.38 Å². The predicted molar refractivity (Wildman–Crippen MR) is 71.4 cm³/mol. The molecule has 0 nitrogen and oxygen atoms in total. The summed E-state index contributed by atoms with van der Waals surface area (Å²) in [7, 11) is -1.37. The van der Waals surface area contributed by atoms with E-state index in [0.717, 1.165) is 0 Å². The van der Waals surface area contributed by atoms with Crippen LogP contribution in [-0.2, 0) is 0 Å². The molecular weight excluding hydrogens is 255 g/mol. The predicted octanol–water partition coefficient (Wildman–Crippen LogP) is 5.58. The number of alkyl halides is 2. The Morgan fingerprint density at radius 3 is 1.57 bits per heavy atom. The molecule has 1 saturated heterocycles. The van der Waals surface area contributed by atoms with E-state index in [1.165, 1.54) is 31.4 Å². The molecule has 1 rings (SSSR count). The van der Waals surface area contributed by atoms with Crippen LogP contribution in [0, 0.1) is 0 Å². The van der Waals surface area contributed by atoms with E-state index in [2.05, 4.69) is 20.8 Å². The maximum atomic E-state index is 6.69. The largest absolute Gasteiger partial charge is 0.166 e. The third-order valence-corrected chi connectivity index (χ3v) is 10.8. The minimum Gasteiger partial charge on any atom is -0.166 e. The van der Waals surface area contributed by atoms with Crippen LogP contribution in [0.15, 0.2) is 0 Å². The van der Waals surface area contributed by atoms with Crippen LogP contribution in [0.4, 0.5) is 0 Å². The second kappa shape index (κ2) is 6.62. The van der Waals surface area contributed by atoms with Crippen molar-refractivity contribution in [2.24, 2.45) is 0 Å². The number of hydrogen-bond acceptors (Lipinski definition) is 0. The molecule has 1 fully saturated rings. The number of rotatable bonds is 0. The molecule has 1 aliphatic heterocycles. The van der Waals surface area contributed by atoms with Crippen LogP contribution in [0.3, 0.4) is 0 Å². The molecule has 0 atom stereocenters. The summed E-state index contributed by atoms with van der Waals surface area (Å²) in [5.41, 5.74) is 0. The lowest BCUT2D eigenvalue weighted by atomic mass is 10.2. The lowest BCUT2D eigenvalue weighted by Crippen LogP contribution is -2.39. The molecule has 0 amide bonds. The van der Waals surface area contributed by atoms with Crippen LogP contribution in [0.2, 0.25) is 17.1 Å². The Bertz CT molecular complexity index is 148. The van der Waals surface area contributed by atoms with Crippen LogP contribution >= 0.6 is 34.3 Å². The van der Waals surface area contributed by atoms with Gasteiger partial charge in [0.2, 0.25) is 0 Å². The fourth-order valence-electron chi connectivity index (χ4n) is 1.86. The molecule has 0 aliphatic carbocycles. The summed E-state index contributed by atoms with van der Waals surface area (Å²) in [5.74, 6) is 0. The van der Waals surface area contributed by atoms with Crippen molar-refractivity contribution in [1.82, 2.24) is 0 Å². The number of halogens is 3. The van der Waals surface area contributed by atoms with E-state index in [-0.39, 0.29) is 5.34 Å². The zero-order valence-electron chi connectivity index (χ0n) is 9.38. The Kier molecular flexibility index (Phi) is 7.14. The minimum atomic E-state index is -1.37. The van der Waals surface area contributed by atoms with Gasteiger partial charge in [-0.3, -0.25) is 0 Å². The van der Waals surface area contributed by atoms with Crippen LogP contribution in [0.1, 0.15) is 40.0 Å². The molecule has 1 aliphatic rings. The van der Waals surface area contributed by atoms with Gasteiger partial charge in [-0.25, -0.2) is 0 Å². The first-order valence-corrected chi connectivity index (χ1v) is 9.68. The quantitative estimate of drug-likeness (QED) is 0.308. The Balaban J connectivity index is 0.000000500. The zero-order chi connectivity index (χ0) is 11.2. The molecule has 4 heteroatoms. The average molecular weight is 276 g/mol. The van der Waals surface area contributed by atoms with Gasteiger partial charge in [-0.2, -0.15) is 11.1 Å². The number of hydrogen-bond donors (Lipinski definition) is 0. The highest BCUT2D eigenvalue weighted by atomic mass is 35.6. The van der Waals surface area contributed by atoms with E-state index in [0.29, 0.717) is 5.04 Å². The molecule has 0 radical (unpaired) electrons.